The summed E-state index contributed by atoms with van der Waals surface area (Å²) in [7, 11) is 0. The molecule has 0 aromatic carbocycles. The highest BCUT2D eigenvalue weighted by Gasteiger charge is 2.51. The number of anilines is 2. The molecule has 9 heteroatoms. The molecule has 0 bridgehead atoms. The van der Waals surface area contributed by atoms with Gasteiger partial charge >= 0.3 is 0 Å². The number of hydrogen-bond acceptors (Lipinski definition) is 8. The zero-order chi connectivity index (χ0) is 16.7. The number of rotatable bonds is 2. The average molecular weight is 345 g/mol. The first-order chi connectivity index (χ1) is 11.6. The lowest BCUT2D eigenvalue weighted by molar-refractivity contribution is 0.377. The Bertz CT molecular complexity index is 797. The van der Waals surface area contributed by atoms with Gasteiger partial charge in [-0.1, -0.05) is 11.8 Å². The molecule has 0 radical (unpaired) electrons. The van der Waals surface area contributed by atoms with Gasteiger partial charge in [-0.05, 0) is 12.1 Å². The number of pyridine rings is 1. The lowest BCUT2D eigenvalue weighted by Gasteiger charge is -2.33. The molecular formula is C15H16FN7S. The largest absolute Gasteiger partial charge is 0.399 e. The van der Waals surface area contributed by atoms with Gasteiger partial charge < -0.3 is 16.4 Å². The van der Waals surface area contributed by atoms with Crippen molar-refractivity contribution >= 4 is 28.6 Å². The van der Waals surface area contributed by atoms with E-state index < -0.39 is 11.4 Å². The fraction of sp³-hybridized carbons (Fsp3) is 0.333. The van der Waals surface area contributed by atoms with Crippen LogP contribution < -0.4 is 16.4 Å². The van der Waals surface area contributed by atoms with E-state index >= 15 is 0 Å². The molecule has 4 N–H and O–H groups in total. The first-order valence-corrected chi connectivity index (χ1v) is 8.48. The van der Waals surface area contributed by atoms with Crippen LogP contribution in [-0.4, -0.2) is 39.0 Å². The van der Waals surface area contributed by atoms with Crippen molar-refractivity contribution in [3.05, 3.63) is 42.2 Å². The topological polar surface area (TPSA) is 106 Å². The fourth-order valence-corrected chi connectivity index (χ4v) is 4.27. The lowest BCUT2D eigenvalue weighted by atomic mass is 9.85. The summed E-state index contributed by atoms with van der Waals surface area (Å²) in [6, 6.07) is 3.59. The van der Waals surface area contributed by atoms with E-state index in [9.17, 15) is 4.39 Å². The summed E-state index contributed by atoms with van der Waals surface area (Å²) in [4.78, 5) is 19.4. The van der Waals surface area contributed by atoms with Crippen molar-refractivity contribution in [1.29, 1.82) is 0 Å². The smallest absolute Gasteiger partial charge is 0.225 e. The third-order valence-corrected chi connectivity index (χ3v) is 5.36. The van der Waals surface area contributed by atoms with Gasteiger partial charge in [0.1, 0.15) is 5.54 Å². The first-order valence-electron chi connectivity index (χ1n) is 7.49. The molecule has 2 aliphatic rings. The minimum absolute atomic E-state index is 0.192. The number of fused-ring (bicyclic) bond motifs is 1. The summed E-state index contributed by atoms with van der Waals surface area (Å²) in [5.41, 5.74) is 12.8. The van der Waals surface area contributed by atoms with E-state index in [1.54, 1.807) is 12.3 Å². The van der Waals surface area contributed by atoms with Gasteiger partial charge in [0.25, 0.3) is 0 Å². The first kappa shape index (κ1) is 15.1. The van der Waals surface area contributed by atoms with Crippen LogP contribution in [0.25, 0.3) is 0 Å². The molecule has 2 aliphatic heterocycles. The SMILES string of the molecule is NC1=N[C@@]2(c3cc(N)ccn3)CN(c3ncc(F)cn3)C[C@H]2CS1. The van der Waals surface area contributed by atoms with Crippen molar-refractivity contribution < 1.29 is 4.39 Å². The Hall–Kier alpha value is -2.42. The second-order valence-corrected chi connectivity index (χ2v) is 6.98. The molecule has 0 aliphatic carbocycles. The molecule has 2 aromatic rings. The van der Waals surface area contributed by atoms with Crippen LogP contribution in [-0.2, 0) is 5.54 Å². The van der Waals surface area contributed by atoms with E-state index in [2.05, 4.69) is 15.0 Å². The van der Waals surface area contributed by atoms with Crippen LogP contribution in [0.5, 0.6) is 0 Å². The molecule has 4 rings (SSSR count). The van der Waals surface area contributed by atoms with Gasteiger partial charge in [-0.3, -0.25) is 4.98 Å². The quantitative estimate of drug-likeness (QED) is 0.836. The molecule has 0 unspecified atom stereocenters. The molecular weight excluding hydrogens is 329 g/mol. The van der Waals surface area contributed by atoms with Gasteiger partial charge in [-0.15, -0.1) is 0 Å². The lowest BCUT2D eigenvalue weighted by Crippen LogP contribution is -2.40. The molecule has 124 valence electrons. The number of hydrogen-bond donors (Lipinski definition) is 2. The molecule has 2 atom stereocenters. The monoisotopic (exact) mass is 345 g/mol. The number of nitrogens with zero attached hydrogens (tertiary/aromatic N) is 5. The highest BCUT2D eigenvalue weighted by atomic mass is 32.2. The van der Waals surface area contributed by atoms with Crippen LogP contribution in [0, 0.1) is 11.7 Å². The Morgan fingerprint density at radius 1 is 1.25 bits per heavy atom. The summed E-state index contributed by atoms with van der Waals surface area (Å²) in [6.07, 6.45) is 4.02. The van der Waals surface area contributed by atoms with Crippen LogP contribution >= 0.6 is 11.8 Å². The number of aromatic nitrogens is 3. The number of nitrogen functional groups attached to an aromatic ring is 1. The van der Waals surface area contributed by atoms with Gasteiger partial charge in [-0.25, -0.2) is 19.4 Å². The average Bonchev–Trinajstić information content (AvgIpc) is 2.95. The Morgan fingerprint density at radius 2 is 2.04 bits per heavy atom. The van der Waals surface area contributed by atoms with Crippen molar-refractivity contribution in [1.82, 2.24) is 15.0 Å². The second kappa shape index (κ2) is 5.59. The zero-order valence-electron chi connectivity index (χ0n) is 12.8. The van der Waals surface area contributed by atoms with Gasteiger partial charge in [0.15, 0.2) is 11.0 Å². The molecule has 0 saturated carbocycles. The maximum atomic E-state index is 13.1. The Balaban J connectivity index is 1.76. The van der Waals surface area contributed by atoms with Gasteiger partial charge in [0.2, 0.25) is 5.95 Å². The van der Waals surface area contributed by atoms with E-state index in [0.29, 0.717) is 29.9 Å². The summed E-state index contributed by atoms with van der Waals surface area (Å²) < 4.78 is 13.1. The zero-order valence-corrected chi connectivity index (χ0v) is 13.6. The highest BCUT2D eigenvalue weighted by molar-refractivity contribution is 8.13. The Kier molecular flexibility index (Phi) is 3.52. The maximum Gasteiger partial charge on any atom is 0.225 e. The molecule has 0 amide bonds. The Labute approximate surface area is 142 Å². The van der Waals surface area contributed by atoms with Crippen LogP contribution in [0.1, 0.15) is 5.69 Å². The second-order valence-electron chi connectivity index (χ2n) is 5.94. The summed E-state index contributed by atoms with van der Waals surface area (Å²) in [5.74, 6) is 1.04. The van der Waals surface area contributed by atoms with E-state index in [1.807, 2.05) is 11.0 Å². The highest BCUT2D eigenvalue weighted by Crippen LogP contribution is 2.45. The summed E-state index contributed by atoms with van der Waals surface area (Å²) in [6.45, 7) is 1.23. The number of halogens is 1. The third-order valence-electron chi connectivity index (χ3n) is 4.41. The van der Waals surface area contributed by atoms with E-state index in [4.69, 9.17) is 16.5 Å². The van der Waals surface area contributed by atoms with Gasteiger partial charge in [0.05, 0.1) is 24.6 Å². The summed E-state index contributed by atoms with van der Waals surface area (Å²) >= 11 is 1.53. The minimum Gasteiger partial charge on any atom is -0.399 e. The molecule has 1 fully saturated rings. The summed E-state index contributed by atoms with van der Waals surface area (Å²) in [5, 5.41) is 0.539. The van der Waals surface area contributed by atoms with Crippen LogP contribution in [0.3, 0.4) is 0 Å². The Morgan fingerprint density at radius 3 is 2.79 bits per heavy atom. The third kappa shape index (κ3) is 2.44. The standard InChI is InChI=1S/C15H16FN7S/c16-10-4-20-14(21-5-10)23-6-9-7-24-13(18)22-15(9,8-23)12-3-11(17)1-2-19-12/h1-5,9H,6-8H2,(H2,17,19)(H2,18,22)/t9-,15-/m0/s1. The van der Waals surface area contributed by atoms with Crippen LogP contribution in [0.4, 0.5) is 16.0 Å². The normalized spacial score (nSPS) is 26.1. The van der Waals surface area contributed by atoms with Gasteiger partial charge in [-0.2, -0.15) is 0 Å². The van der Waals surface area contributed by atoms with Crippen molar-refractivity contribution in [2.24, 2.45) is 16.6 Å². The number of aliphatic imine (C=N–C) groups is 1. The number of amidine groups is 1. The fourth-order valence-electron chi connectivity index (χ4n) is 3.29. The van der Waals surface area contributed by atoms with Crippen molar-refractivity contribution in [2.75, 3.05) is 29.5 Å². The van der Waals surface area contributed by atoms with Crippen molar-refractivity contribution in [3.63, 3.8) is 0 Å². The van der Waals surface area contributed by atoms with Crippen molar-refractivity contribution in [2.45, 2.75) is 5.54 Å². The number of thioether (sulfide) groups is 1. The van der Waals surface area contributed by atoms with Gasteiger partial charge in [0, 0.05) is 30.1 Å². The molecule has 7 nitrogen and oxygen atoms in total. The molecule has 2 aromatic heterocycles. The van der Waals surface area contributed by atoms with E-state index in [1.165, 1.54) is 24.2 Å². The predicted octanol–water partition coefficient (Wildman–Crippen LogP) is 0.986. The van der Waals surface area contributed by atoms with E-state index in [0.717, 1.165) is 11.4 Å². The molecule has 4 heterocycles. The minimum atomic E-state index is -0.581. The predicted molar refractivity (Wildman–Crippen MR) is 92.1 cm³/mol. The van der Waals surface area contributed by atoms with Crippen molar-refractivity contribution in [3.8, 4) is 0 Å². The maximum absolute atomic E-state index is 13.1. The number of nitrogens with two attached hydrogens (primary N) is 2. The molecule has 24 heavy (non-hydrogen) atoms. The molecule has 1 saturated heterocycles. The van der Waals surface area contributed by atoms with E-state index in [-0.39, 0.29) is 5.92 Å². The van der Waals surface area contributed by atoms with Crippen LogP contribution in [0.15, 0.2) is 35.7 Å². The molecule has 0 spiro atoms. The van der Waals surface area contributed by atoms with Crippen LogP contribution in [0.2, 0.25) is 0 Å².